The molecular weight excluding hydrogens is 281 g/mol. The summed E-state index contributed by atoms with van der Waals surface area (Å²) in [6.07, 6.45) is 1.62. The number of hydrogen-bond donors (Lipinski definition) is 0. The molecular formula is C11H7Cl2NO2S. The van der Waals surface area contributed by atoms with E-state index in [2.05, 4.69) is 0 Å². The minimum atomic E-state index is -0.300. The molecule has 1 aliphatic rings. The molecule has 0 saturated carbocycles. The largest absolute Gasteiger partial charge is 0.293 e. The SMILES string of the molecule is CN1C(=O)S/C(=C\c2ccc(Cl)c(Cl)c2)C1=O. The van der Waals surface area contributed by atoms with Gasteiger partial charge in [0.25, 0.3) is 11.1 Å². The molecule has 0 spiro atoms. The third kappa shape index (κ3) is 2.49. The standard InChI is InChI=1S/C11H7Cl2NO2S/c1-14-10(15)9(17-11(14)16)5-6-2-3-7(12)8(13)4-6/h2-5H,1H3/b9-5-. The number of carbonyl (C=O) groups is 2. The Kier molecular flexibility index (Phi) is 3.47. The van der Waals surface area contributed by atoms with E-state index in [0.717, 1.165) is 22.2 Å². The Balaban J connectivity index is 2.34. The first-order valence-corrected chi connectivity index (χ1v) is 6.23. The third-order valence-electron chi connectivity index (χ3n) is 2.23. The zero-order valence-corrected chi connectivity index (χ0v) is 11.1. The van der Waals surface area contributed by atoms with Gasteiger partial charge in [0, 0.05) is 7.05 Å². The molecule has 0 aliphatic carbocycles. The molecule has 1 heterocycles. The van der Waals surface area contributed by atoms with Crippen LogP contribution in [0.15, 0.2) is 23.1 Å². The van der Waals surface area contributed by atoms with Gasteiger partial charge in [-0.3, -0.25) is 14.5 Å². The van der Waals surface area contributed by atoms with Crippen molar-refractivity contribution in [2.75, 3.05) is 7.05 Å². The van der Waals surface area contributed by atoms with Crippen LogP contribution in [-0.4, -0.2) is 23.1 Å². The quantitative estimate of drug-likeness (QED) is 0.740. The van der Waals surface area contributed by atoms with Crippen molar-refractivity contribution in [3.8, 4) is 0 Å². The van der Waals surface area contributed by atoms with Crippen molar-refractivity contribution in [2.24, 2.45) is 0 Å². The van der Waals surface area contributed by atoms with Crippen molar-refractivity contribution in [3.05, 3.63) is 38.7 Å². The van der Waals surface area contributed by atoms with E-state index in [0.29, 0.717) is 15.0 Å². The Labute approximate surface area is 112 Å². The minimum Gasteiger partial charge on any atom is -0.272 e. The number of nitrogens with zero attached hydrogens (tertiary/aromatic N) is 1. The third-order valence-corrected chi connectivity index (χ3v) is 3.93. The van der Waals surface area contributed by atoms with Crippen LogP contribution >= 0.6 is 35.0 Å². The Bertz CT molecular complexity index is 542. The summed E-state index contributed by atoms with van der Waals surface area (Å²) in [6.45, 7) is 0. The van der Waals surface area contributed by atoms with Gasteiger partial charge in [0.15, 0.2) is 0 Å². The van der Waals surface area contributed by atoms with E-state index in [1.54, 1.807) is 24.3 Å². The van der Waals surface area contributed by atoms with Crippen molar-refractivity contribution in [1.82, 2.24) is 4.90 Å². The van der Waals surface area contributed by atoms with Gasteiger partial charge in [-0.2, -0.15) is 0 Å². The fraction of sp³-hybridized carbons (Fsp3) is 0.0909. The number of carbonyl (C=O) groups excluding carboxylic acids is 2. The van der Waals surface area contributed by atoms with Crippen LogP contribution in [0.25, 0.3) is 6.08 Å². The van der Waals surface area contributed by atoms with Crippen molar-refractivity contribution in [1.29, 1.82) is 0 Å². The van der Waals surface area contributed by atoms with Gasteiger partial charge in [0.05, 0.1) is 15.0 Å². The summed E-state index contributed by atoms with van der Waals surface area (Å²) in [7, 11) is 1.45. The summed E-state index contributed by atoms with van der Waals surface area (Å²) in [6, 6.07) is 5.03. The highest BCUT2D eigenvalue weighted by Crippen LogP contribution is 2.32. The van der Waals surface area contributed by atoms with Gasteiger partial charge in [-0.15, -0.1) is 0 Å². The maximum absolute atomic E-state index is 11.6. The van der Waals surface area contributed by atoms with Crippen molar-refractivity contribution in [3.63, 3.8) is 0 Å². The molecule has 1 saturated heterocycles. The Morgan fingerprint density at radius 2 is 1.94 bits per heavy atom. The summed E-state index contributed by atoms with van der Waals surface area (Å²) in [5.74, 6) is -0.300. The van der Waals surface area contributed by atoms with E-state index >= 15 is 0 Å². The van der Waals surface area contributed by atoms with Crippen LogP contribution in [0.3, 0.4) is 0 Å². The van der Waals surface area contributed by atoms with Crippen LogP contribution < -0.4 is 0 Å². The molecule has 0 radical (unpaired) electrons. The molecule has 2 rings (SSSR count). The van der Waals surface area contributed by atoms with Crippen molar-refractivity contribution < 1.29 is 9.59 Å². The molecule has 1 aliphatic heterocycles. The Hall–Kier alpha value is -0.970. The second kappa shape index (κ2) is 4.72. The number of imide groups is 1. The van der Waals surface area contributed by atoms with Gasteiger partial charge in [-0.05, 0) is 35.5 Å². The molecule has 0 bridgehead atoms. The fourth-order valence-electron chi connectivity index (χ4n) is 1.30. The minimum absolute atomic E-state index is 0.277. The second-order valence-corrected chi connectivity index (χ2v) is 5.22. The lowest BCUT2D eigenvalue weighted by molar-refractivity contribution is -0.121. The molecule has 2 amide bonds. The lowest BCUT2D eigenvalue weighted by Crippen LogP contribution is -2.22. The number of likely N-dealkylation sites (N-methyl/N-ethyl adjacent to an activating group) is 1. The van der Waals surface area contributed by atoms with E-state index in [1.165, 1.54) is 7.05 Å². The molecule has 17 heavy (non-hydrogen) atoms. The van der Waals surface area contributed by atoms with E-state index in [1.807, 2.05) is 0 Å². The molecule has 6 heteroatoms. The topological polar surface area (TPSA) is 37.4 Å². The van der Waals surface area contributed by atoms with Gasteiger partial charge >= 0.3 is 0 Å². The normalized spacial score (nSPS) is 18.3. The molecule has 0 unspecified atom stereocenters. The van der Waals surface area contributed by atoms with Crippen LogP contribution in [0.4, 0.5) is 4.79 Å². The zero-order chi connectivity index (χ0) is 12.6. The highest BCUT2D eigenvalue weighted by molar-refractivity contribution is 8.18. The van der Waals surface area contributed by atoms with Crippen LogP contribution in [-0.2, 0) is 4.79 Å². The van der Waals surface area contributed by atoms with Crippen LogP contribution in [0.5, 0.6) is 0 Å². The molecule has 1 fully saturated rings. The molecule has 1 aromatic rings. The molecule has 1 aromatic carbocycles. The van der Waals surface area contributed by atoms with Gasteiger partial charge in [0.1, 0.15) is 0 Å². The van der Waals surface area contributed by atoms with E-state index in [-0.39, 0.29) is 11.1 Å². The average molecular weight is 288 g/mol. The maximum Gasteiger partial charge on any atom is 0.293 e. The fourth-order valence-corrected chi connectivity index (χ4v) is 2.43. The van der Waals surface area contributed by atoms with Crippen LogP contribution in [0, 0.1) is 0 Å². The van der Waals surface area contributed by atoms with Crippen molar-refractivity contribution in [2.45, 2.75) is 0 Å². The van der Waals surface area contributed by atoms with E-state index in [4.69, 9.17) is 23.2 Å². The highest BCUT2D eigenvalue weighted by Gasteiger charge is 2.31. The number of benzene rings is 1. The number of thioether (sulfide) groups is 1. The summed E-state index contributed by atoms with van der Waals surface area (Å²) in [4.78, 5) is 24.4. The smallest absolute Gasteiger partial charge is 0.272 e. The predicted octanol–water partition coefficient (Wildman–Crippen LogP) is 3.66. The molecule has 88 valence electrons. The first-order chi connectivity index (χ1) is 7.99. The first kappa shape index (κ1) is 12.5. The molecule has 0 aromatic heterocycles. The molecule has 3 nitrogen and oxygen atoms in total. The number of rotatable bonds is 1. The monoisotopic (exact) mass is 287 g/mol. The van der Waals surface area contributed by atoms with Crippen LogP contribution in [0.1, 0.15) is 5.56 Å². The summed E-state index contributed by atoms with van der Waals surface area (Å²) < 4.78 is 0. The van der Waals surface area contributed by atoms with Gasteiger partial charge < -0.3 is 0 Å². The Morgan fingerprint density at radius 1 is 1.24 bits per heavy atom. The summed E-state index contributed by atoms with van der Waals surface area (Å²) in [5, 5.41) is 0.588. The lowest BCUT2D eigenvalue weighted by atomic mass is 10.2. The zero-order valence-electron chi connectivity index (χ0n) is 8.74. The van der Waals surface area contributed by atoms with E-state index in [9.17, 15) is 9.59 Å². The summed E-state index contributed by atoms with van der Waals surface area (Å²) in [5.41, 5.74) is 0.735. The van der Waals surface area contributed by atoms with Crippen LogP contribution in [0.2, 0.25) is 10.0 Å². The predicted molar refractivity (Wildman–Crippen MR) is 70.2 cm³/mol. The van der Waals surface area contributed by atoms with Gasteiger partial charge in [-0.1, -0.05) is 29.3 Å². The number of amides is 2. The number of halogens is 2. The number of hydrogen-bond acceptors (Lipinski definition) is 3. The first-order valence-electron chi connectivity index (χ1n) is 4.65. The van der Waals surface area contributed by atoms with Gasteiger partial charge in [0.2, 0.25) is 0 Å². The van der Waals surface area contributed by atoms with Crippen molar-refractivity contribution >= 4 is 52.2 Å². The Morgan fingerprint density at radius 3 is 2.47 bits per heavy atom. The maximum atomic E-state index is 11.6. The molecule has 0 N–H and O–H groups in total. The second-order valence-electron chi connectivity index (χ2n) is 3.41. The molecule has 0 atom stereocenters. The average Bonchev–Trinajstić information content (AvgIpc) is 2.52. The van der Waals surface area contributed by atoms with E-state index < -0.39 is 0 Å². The van der Waals surface area contributed by atoms with Gasteiger partial charge in [-0.25, -0.2) is 0 Å². The highest BCUT2D eigenvalue weighted by atomic mass is 35.5. The summed E-state index contributed by atoms with van der Waals surface area (Å²) >= 11 is 12.6. The lowest BCUT2D eigenvalue weighted by Gasteiger charge is -2.01.